The smallest absolute Gasteiger partial charge is 0.547 e. The molecule has 13 heteroatoms. The van der Waals surface area contributed by atoms with Gasteiger partial charge < -0.3 is 59.4 Å². The van der Waals surface area contributed by atoms with Gasteiger partial charge >= 0.3 is 29.6 Å². The van der Waals surface area contributed by atoms with Crippen molar-refractivity contribution < 1.29 is 83.6 Å². The number of nitrogens with one attached hydrogen (secondary N) is 1. The van der Waals surface area contributed by atoms with Crippen molar-refractivity contribution in [3.8, 4) is 0 Å². The van der Waals surface area contributed by atoms with E-state index in [1.54, 1.807) is 0 Å². The Bertz CT molecular complexity index is 541. The fourth-order valence-electron chi connectivity index (χ4n) is 3.37. The quantitative estimate of drug-likeness (QED) is 0.181. The van der Waals surface area contributed by atoms with E-state index in [-0.39, 0.29) is 36.1 Å². The van der Waals surface area contributed by atoms with Gasteiger partial charge in [-0.2, -0.15) is 0 Å². The molecule has 0 aromatic carbocycles. The van der Waals surface area contributed by atoms with Gasteiger partial charge in [0.15, 0.2) is 12.6 Å². The number of methoxy groups -OCH3 is 1. The van der Waals surface area contributed by atoms with Crippen molar-refractivity contribution in [2.75, 3.05) is 20.3 Å². The molecule has 0 aromatic rings. The van der Waals surface area contributed by atoms with Crippen LogP contribution in [0.4, 0.5) is 0 Å². The second-order valence-corrected chi connectivity index (χ2v) is 6.74. The van der Waals surface area contributed by atoms with Crippen LogP contribution in [0.15, 0.2) is 0 Å². The minimum atomic E-state index is -1.63. The Morgan fingerprint density at radius 2 is 1.83 bits per heavy atom. The van der Waals surface area contributed by atoms with Crippen molar-refractivity contribution in [3.05, 3.63) is 0 Å². The molecule has 5 N–H and O–H groups in total. The number of hydrogen-bond donors (Lipinski definition) is 5. The van der Waals surface area contributed by atoms with Gasteiger partial charge in [-0.15, -0.1) is 0 Å². The van der Waals surface area contributed by atoms with Gasteiger partial charge in [0.1, 0.15) is 36.8 Å². The first-order valence-electron chi connectivity index (χ1n) is 8.78. The molecule has 0 saturated carbocycles. The Balaban J connectivity index is 0.00000420. The van der Waals surface area contributed by atoms with Crippen LogP contribution in [-0.4, -0.2) is 108 Å². The van der Waals surface area contributed by atoms with E-state index in [9.17, 15) is 35.1 Å². The SMILES string of the molecule is COC1OC(CO)C(O)C(OC2OC(C(=O)[O-])C(C)C(O)C2O)C1NCC=O.[Na+]. The van der Waals surface area contributed by atoms with Crippen LogP contribution in [0.5, 0.6) is 0 Å². The van der Waals surface area contributed by atoms with Crippen molar-refractivity contribution in [1.82, 2.24) is 5.32 Å². The summed E-state index contributed by atoms with van der Waals surface area (Å²) in [6, 6.07) is -0.943. The molecule has 2 aliphatic heterocycles. The summed E-state index contributed by atoms with van der Waals surface area (Å²) in [5, 5.41) is 54.3. The first kappa shape index (κ1) is 26.8. The van der Waals surface area contributed by atoms with E-state index in [2.05, 4.69) is 5.32 Å². The summed E-state index contributed by atoms with van der Waals surface area (Å²) >= 11 is 0. The van der Waals surface area contributed by atoms with Gasteiger partial charge in [0, 0.05) is 13.0 Å². The second-order valence-electron chi connectivity index (χ2n) is 6.74. The Hall–Kier alpha value is -0.220. The summed E-state index contributed by atoms with van der Waals surface area (Å²) in [6.07, 6.45) is -10.6. The van der Waals surface area contributed by atoms with Gasteiger partial charge in [0.05, 0.1) is 31.3 Å². The molecule has 2 aliphatic rings. The average molecular weight is 431 g/mol. The third kappa shape index (κ3) is 5.93. The molecule has 12 nitrogen and oxygen atoms in total. The standard InChI is InChI=1S/C16H27NO11.Na/c1-6-9(20)11(22)16(27-12(6)14(23)24)28-13-8(17-3-4-18)15(25-2)26-7(5-19)10(13)21;/h4,6-13,15-17,19-22H,3,5H2,1-2H3,(H,23,24);/q;+1/p-1. The predicted molar refractivity (Wildman–Crippen MR) is 86.3 cm³/mol. The molecule has 2 fully saturated rings. The molecule has 0 bridgehead atoms. The van der Waals surface area contributed by atoms with Crippen LogP contribution in [0, 0.1) is 5.92 Å². The number of carboxylic acid groups (broad SMARTS) is 1. The fourth-order valence-corrected chi connectivity index (χ4v) is 3.37. The minimum absolute atomic E-state index is 0. The Morgan fingerprint density at radius 3 is 2.34 bits per heavy atom. The van der Waals surface area contributed by atoms with Crippen LogP contribution in [0.3, 0.4) is 0 Å². The minimum Gasteiger partial charge on any atom is -0.547 e. The molecule has 0 radical (unpaired) electrons. The maximum Gasteiger partial charge on any atom is 1.00 e. The van der Waals surface area contributed by atoms with E-state index in [4.69, 9.17) is 18.9 Å². The van der Waals surface area contributed by atoms with Gasteiger partial charge in [0.2, 0.25) is 0 Å². The number of rotatable bonds is 8. The number of aliphatic hydroxyl groups excluding tert-OH is 4. The van der Waals surface area contributed by atoms with Gasteiger partial charge in [-0.3, -0.25) is 0 Å². The molecule has 2 saturated heterocycles. The van der Waals surface area contributed by atoms with E-state index in [1.165, 1.54) is 14.0 Å². The van der Waals surface area contributed by atoms with E-state index >= 15 is 0 Å². The number of aliphatic hydroxyl groups is 4. The first-order chi connectivity index (χ1) is 13.3. The molecule has 29 heavy (non-hydrogen) atoms. The molecule has 0 aliphatic carbocycles. The fraction of sp³-hybridized carbons (Fsp3) is 0.875. The maximum absolute atomic E-state index is 11.3. The molecule has 2 heterocycles. The average Bonchev–Trinajstić information content (AvgIpc) is 2.67. The number of hydrogen-bond acceptors (Lipinski definition) is 12. The zero-order chi connectivity index (χ0) is 21.0. The van der Waals surface area contributed by atoms with Gasteiger partial charge in [-0.05, 0) is 0 Å². The summed E-state index contributed by atoms with van der Waals surface area (Å²) in [5.41, 5.74) is 0. The largest absolute Gasteiger partial charge is 1.00 e. The number of aldehydes is 1. The molecular formula is C16H26NNaO11. The monoisotopic (exact) mass is 431 g/mol. The van der Waals surface area contributed by atoms with Gasteiger partial charge in [0.25, 0.3) is 0 Å². The van der Waals surface area contributed by atoms with E-state index in [0.29, 0.717) is 6.29 Å². The Labute approximate surface area is 189 Å². The second kappa shape index (κ2) is 12.0. The van der Waals surface area contributed by atoms with Crippen LogP contribution in [0.2, 0.25) is 0 Å². The number of ether oxygens (including phenoxy) is 4. The van der Waals surface area contributed by atoms with Crippen LogP contribution < -0.4 is 40.0 Å². The zero-order valence-corrected chi connectivity index (χ0v) is 18.4. The summed E-state index contributed by atoms with van der Waals surface area (Å²) in [7, 11) is 1.30. The summed E-state index contributed by atoms with van der Waals surface area (Å²) in [5.74, 6) is -2.57. The Morgan fingerprint density at radius 1 is 1.17 bits per heavy atom. The first-order valence-corrected chi connectivity index (χ1v) is 8.78. The van der Waals surface area contributed by atoms with E-state index in [0.717, 1.165) is 0 Å². The van der Waals surface area contributed by atoms with Crippen molar-refractivity contribution in [2.24, 2.45) is 5.92 Å². The summed E-state index contributed by atoms with van der Waals surface area (Å²) < 4.78 is 21.4. The van der Waals surface area contributed by atoms with Crippen molar-refractivity contribution in [3.63, 3.8) is 0 Å². The zero-order valence-electron chi connectivity index (χ0n) is 16.4. The summed E-state index contributed by atoms with van der Waals surface area (Å²) in [6.45, 7) is 0.626. The normalized spacial score (nSPS) is 42.7. The van der Waals surface area contributed by atoms with Crippen LogP contribution in [0.1, 0.15) is 6.92 Å². The number of aliphatic carboxylic acids is 1. The molecule has 10 atom stereocenters. The molecule has 0 spiro atoms. The molecule has 0 amide bonds. The van der Waals surface area contributed by atoms with E-state index < -0.39 is 73.7 Å². The van der Waals surface area contributed by atoms with Crippen LogP contribution >= 0.6 is 0 Å². The van der Waals surface area contributed by atoms with Crippen molar-refractivity contribution >= 4 is 12.3 Å². The van der Waals surface area contributed by atoms with Gasteiger partial charge in [-0.25, -0.2) is 0 Å². The van der Waals surface area contributed by atoms with Crippen LogP contribution in [-0.2, 0) is 28.5 Å². The van der Waals surface area contributed by atoms with Crippen molar-refractivity contribution in [1.29, 1.82) is 0 Å². The van der Waals surface area contributed by atoms with E-state index in [1.807, 2.05) is 0 Å². The van der Waals surface area contributed by atoms with Crippen molar-refractivity contribution in [2.45, 2.75) is 62.2 Å². The predicted octanol–water partition coefficient (Wildman–Crippen LogP) is -7.91. The number of carbonyl (C=O) groups is 2. The van der Waals surface area contributed by atoms with Gasteiger partial charge in [-0.1, -0.05) is 6.92 Å². The molecule has 0 aromatic heterocycles. The maximum atomic E-state index is 11.3. The third-order valence-corrected chi connectivity index (χ3v) is 4.97. The third-order valence-electron chi connectivity index (χ3n) is 4.97. The topological polar surface area (TPSA) is 187 Å². The summed E-state index contributed by atoms with van der Waals surface area (Å²) in [4.78, 5) is 22.0. The molecular weight excluding hydrogens is 405 g/mol. The molecule has 162 valence electrons. The number of carbonyl (C=O) groups excluding carboxylic acids is 2. The Kier molecular flexibility index (Phi) is 11.1. The molecule has 10 unspecified atom stereocenters. The molecule has 2 rings (SSSR count). The number of carboxylic acids is 1. The van der Waals surface area contributed by atoms with Crippen LogP contribution in [0.25, 0.3) is 0 Å².